The van der Waals surface area contributed by atoms with E-state index in [0.717, 1.165) is 12.8 Å². The zero-order chi connectivity index (χ0) is 14.7. The summed E-state index contributed by atoms with van der Waals surface area (Å²) in [5.74, 6) is 0.0655. The van der Waals surface area contributed by atoms with Crippen molar-refractivity contribution < 1.29 is 14.4 Å². The van der Waals surface area contributed by atoms with Gasteiger partial charge < -0.3 is 14.6 Å². The number of hydrogen-bond donors (Lipinski definition) is 2. The Morgan fingerprint density at radius 1 is 1.24 bits per heavy atom. The van der Waals surface area contributed by atoms with Gasteiger partial charge in [0, 0.05) is 5.92 Å². The quantitative estimate of drug-likeness (QED) is 0.900. The van der Waals surface area contributed by atoms with Gasteiger partial charge in [-0.15, -0.1) is 0 Å². The minimum absolute atomic E-state index is 0.0946. The molecule has 2 N–H and O–H groups in total. The minimum atomic E-state index is -1.11. The molecule has 0 aromatic carbocycles. The van der Waals surface area contributed by atoms with E-state index >= 15 is 0 Å². The second-order valence-electron chi connectivity index (χ2n) is 5.43. The van der Waals surface area contributed by atoms with Crippen LogP contribution >= 0.6 is 0 Å². The van der Waals surface area contributed by atoms with Crippen molar-refractivity contribution in [3.05, 3.63) is 17.8 Å². The average molecular weight is 290 g/mol. The summed E-state index contributed by atoms with van der Waals surface area (Å²) in [5.41, 5.74) is 0.176. The molecular weight excluding hydrogens is 272 g/mol. The second kappa shape index (κ2) is 6.07. The largest absolute Gasteiger partial charge is 0.476 e. The summed E-state index contributed by atoms with van der Waals surface area (Å²) in [5, 5.41) is 13.1. The number of carboxylic acids is 1. The highest BCUT2D eigenvalue weighted by Crippen LogP contribution is 2.30. The molecule has 3 rings (SSSR count). The maximum absolute atomic E-state index is 11.1. The number of imidazole rings is 1. The number of nitrogens with zero attached hydrogens (tertiary/aromatic N) is 3. The molecule has 1 aliphatic carbocycles. The van der Waals surface area contributed by atoms with Crippen LogP contribution in [0.5, 0.6) is 0 Å². The van der Waals surface area contributed by atoms with E-state index in [0.29, 0.717) is 11.7 Å². The van der Waals surface area contributed by atoms with Crippen molar-refractivity contribution >= 4 is 5.97 Å². The summed E-state index contributed by atoms with van der Waals surface area (Å²) in [6, 6.07) is 0. The van der Waals surface area contributed by atoms with Gasteiger partial charge in [0.25, 0.3) is 5.89 Å². The van der Waals surface area contributed by atoms with E-state index in [1.165, 1.54) is 38.4 Å². The van der Waals surface area contributed by atoms with E-state index in [1.54, 1.807) is 0 Å². The van der Waals surface area contributed by atoms with Gasteiger partial charge in [0.15, 0.2) is 11.5 Å². The monoisotopic (exact) mass is 290 g/mol. The number of nitrogens with one attached hydrogen (secondary N) is 1. The Balaban J connectivity index is 1.82. The maximum Gasteiger partial charge on any atom is 0.356 e. The van der Waals surface area contributed by atoms with Crippen LogP contribution in [0.25, 0.3) is 11.6 Å². The van der Waals surface area contributed by atoms with Crippen LogP contribution in [0, 0.1) is 0 Å². The Labute approximate surface area is 121 Å². The van der Waals surface area contributed by atoms with Crippen molar-refractivity contribution in [2.75, 3.05) is 0 Å². The third kappa shape index (κ3) is 2.96. The highest BCUT2D eigenvalue weighted by Gasteiger charge is 2.23. The van der Waals surface area contributed by atoms with Gasteiger partial charge in [-0.3, -0.25) is 0 Å². The lowest BCUT2D eigenvalue weighted by Gasteiger charge is -2.15. The van der Waals surface area contributed by atoms with Gasteiger partial charge in [0.05, 0.1) is 6.33 Å². The summed E-state index contributed by atoms with van der Waals surface area (Å²) >= 11 is 0. The number of carboxylic acid groups (broad SMARTS) is 1. The normalized spacial score (nSPS) is 17.3. The second-order valence-corrected chi connectivity index (χ2v) is 5.43. The summed E-state index contributed by atoms with van der Waals surface area (Å²) in [6.07, 6.45) is 9.62. The Bertz CT molecular complexity index is 611. The highest BCUT2D eigenvalue weighted by atomic mass is 16.5. The van der Waals surface area contributed by atoms with Gasteiger partial charge in [0.1, 0.15) is 5.69 Å². The first kappa shape index (κ1) is 13.8. The predicted octanol–water partition coefficient (Wildman–Crippen LogP) is 2.99. The van der Waals surface area contributed by atoms with E-state index in [2.05, 4.69) is 20.1 Å². The number of hydrogen-bond acceptors (Lipinski definition) is 5. The lowest BCUT2D eigenvalue weighted by molar-refractivity contribution is 0.0691. The van der Waals surface area contributed by atoms with E-state index in [-0.39, 0.29) is 17.3 Å². The van der Waals surface area contributed by atoms with Crippen LogP contribution in [-0.2, 0) is 0 Å². The van der Waals surface area contributed by atoms with Gasteiger partial charge in [-0.2, -0.15) is 4.98 Å². The van der Waals surface area contributed by atoms with Crippen LogP contribution in [0.15, 0.2) is 10.9 Å². The zero-order valence-electron chi connectivity index (χ0n) is 11.7. The molecule has 0 aliphatic heterocycles. The van der Waals surface area contributed by atoms with E-state index in [4.69, 9.17) is 9.63 Å². The van der Waals surface area contributed by atoms with Crippen molar-refractivity contribution in [3.63, 3.8) is 0 Å². The van der Waals surface area contributed by atoms with Crippen molar-refractivity contribution in [1.82, 2.24) is 20.1 Å². The minimum Gasteiger partial charge on any atom is -0.476 e. The van der Waals surface area contributed by atoms with Crippen molar-refractivity contribution in [3.8, 4) is 11.6 Å². The Hall–Kier alpha value is -2.18. The smallest absolute Gasteiger partial charge is 0.356 e. The molecule has 1 saturated carbocycles. The van der Waals surface area contributed by atoms with Gasteiger partial charge in [-0.05, 0) is 12.8 Å². The first-order chi connectivity index (χ1) is 10.3. The van der Waals surface area contributed by atoms with E-state index in [1.807, 2.05) is 0 Å². The number of aromatic amines is 1. The van der Waals surface area contributed by atoms with Crippen LogP contribution < -0.4 is 0 Å². The molecular formula is C14H18N4O3. The van der Waals surface area contributed by atoms with Crippen LogP contribution in [-0.4, -0.2) is 31.2 Å². The molecule has 0 radical (unpaired) electrons. The van der Waals surface area contributed by atoms with Crippen LogP contribution in [0.3, 0.4) is 0 Å². The predicted molar refractivity (Wildman–Crippen MR) is 73.9 cm³/mol. The fourth-order valence-corrected chi connectivity index (χ4v) is 2.84. The number of aromatic carboxylic acids is 1. The molecule has 0 atom stereocenters. The molecule has 2 aromatic rings. The standard InChI is InChI=1S/C14H18N4O3/c19-14(20)11-10(15-8-16-11)13-17-12(18-21-13)9-6-4-2-1-3-5-7-9/h8-9H,1-7H2,(H,15,16)(H,19,20). The fourth-order valence-electron chi connectivity index (χ4n) is 2.84. The molecule has 0 spiro atoms. The molecule has 112 valence electrons. The molecule has 0 unspecified atom stereocenters. The molecule has 1 fully saturated rings. The van der Waals surface area contributed by atoms with Gasteiger partial charge in [0.2, 0.25) is 0 Å². The molecule has 2 heterocycles. The average Bonchev–Trinajstić information content (AvgIpc) is 3.06. The van der Waals surface area contributed by atoms with Gasteiger partial charge in [-0.25, -0.2) is 9.78 Å². The first-order valence-corrected chi connectivity index (χ1v) is 7.36. The highest BCUT2D eigenvalue weighted by molar-refractivity contribution is 5.91. The molecule has 2 aromatic heterocycles. The van der Waals surface area contributed by atoms with Gasteiger partial charge in [-0.1, -0.05) is 37.3 Å². The molecule has 7 nitrogen and oxygen atoms in total. The number of rotatable bonds is 3. The third-order valence-corrected chi connectivity index (χ3v) is 3.97. The molecule has 1 aliphatic rings. The Kier molecular flexibility index (Phi) is 3.98. The van der Waals surface area contributed by atoms with E-state index < -0.39 is 5.97 Å². The van der Waals surface area contributed by atoms with Crippen molar-refractivity contribution in [2.45, 2.75) is 50.9 Å². The van der Waals surface area contributed by atoms with Crippen LogP contribution in [0.1, 0.15) is 67.2 Å². The Morgan fingerprint density at radius 3 is 2.67 bits per heavy atom. The summed E-state index contributed by atoms with van der Waals surface area (Å²) in [6.45, 7) is 0. The van der Waals surface area contributed by atoms with Crippen molar-refractivity contribution in [1.29, 1.82) is 0 Å². The zero-order valence-corrected chi connectivity index (χ0v) is 11.7. The number of aromatic nitrogens is 4. The molecule has 0 amide bonds. The SMILES string of the molecule is O=C(O)c1nc[nH]c1-c1nc(C2CCCCCCC2)no1. The van der Waals surface area contributed by atoms with Gasteiger partial charge >= 0.3 is 5.97 Å². The molecule has 7 heteroatoms. The Morgan fingerprint density at radius 2 is 1.95 bits per heavy atom. The van der Waals surface area contributed by atoms with E-state index in [9.17, 15) is 4.79 Å². The number of carbonyl (C=O) groups is 1. The summed E-state index contributed by atoms with van der Waals surface area (Å²) in [7, 11) is 0. The topological polar surface area (TPSA) is 105 Å². The fraction of sp³-hybridized carbons (Fsp3) is 0.571. The molecule has 21 heavy (non-hydrogen) atoms. The number of H-pyrrole nitrogens is 1. The third-order valence-electron chi connectivity index (χ3n) is 3.97. The molecule has 0 saturated heterocycles. The van der Waals surface area contributed by atoms with Crippen molar-refractivity contribution in [2.24, 2.45) is 0 Å². The lowest BCUT2D eigenvalue weighted by atomic mass is 9.91. The molecule has 0 bridgehead atoms. The summed E-state index contributed by atoms with van der Waals surface area (Å²) in [4.78, 5) is 22.0. The maximum atomic E-state index is 11.1. The summed E-state index contributed by atoms with van der Waals surface area (Å²) < 4.78 is 5.23. The first-order valence-electron chi connectivity index (χ1n) is 7.36. The van der Waals surface area contributed by atoms with Crippen LogP contribution in [0.2, 0.25) is 0 Å². The van der Waals surface area contributed by atoms with Crippen LogP contribution in [0.4, 0.5) is 0 Å². The lowest BCUT2D eigenvalue weighted by Crippen LogP contribution is -2.04.